The summed E-state index contributed by atoms with van der Waals surface area (Å²) in [5.74, 6) is 0.139. The number of nitrogens with two attached hydrogens (primary N) is 1. The van der Waals surface area contributed by atoms with Crippen molar-refractivity contribution in [2.75, 3.05) is 0 Å². The monoisotopic (exact) mass is 225 g/mol. The summed E-state index contributed by atoms with van der Waals surface area (Å²) in [6.07, 6.45) is 0.428. The minimum atomic E-state index is 0.139. The van der Waals surface area contributed by atoms with Gasteiger partial charge in [-0.15, -0.1) is 0 Å². The maximum Gasteiger partial charge on any atom is 0.167 e. The molecule has 86 valence electrons. The lowest BCUT2D eigenvalue weighted by molar-refractivity contribution is 0.0993. The Bertz CT molecular complexity index is 505. The van der Waals surface area contributed by atoms with E-state index in [2.05, 4.69) is 0 Å². The molecule has 2 nitrogen and oxygen atoms in total. The van der Waals surface area contributed by atoms with Crippen molar-refractivity contribution < 1.29 is 4.79 Å². The molecule has 0 fully saturated rings. The molecule has 0 unspecified atom stereocenters. The molecule has 2 rings (SSSR count). The number of rotatable bonds is 4. The Hall–Kier alpha value is -1.93. The molecule has 0 atom stereocenters. The van der Waals surface area contributed by atoms with Crippen LogP contribution in [0.15, 0.2) is 54.6 Å². The van der Waals surface area contributed by atoms with Gasteiger partial charge in [-0.2, -0.15) is 0 Å². The van der Waals surface area contributed by atoms with Crippen LogP contribution in [-0.2, 0) is 13.0 Å². The first kappa shape index (κ1) is 11.6. The third kappa shape index (κ3) is 3.02. The highest BCUT2D eigenvalue weighted by Gasteiger charge is 2.06. The van der Waals surface area contributed by atoms with E-state index in [-0.39, 0.29) is 5.78 Å². The molecular weight excluding hydrogens is 210 g/mol. The van der Waals surface area contributed by atoms with Gasteiger partial charge in [-0.3, -0.25) is 4.79 Å². The zero-order valence-electron chi connectivity index (χ0n) is 9.60. The third-order valence-corrected chi connectivity index (χ3v) is 2.69. The van der Waals surface area contributed by atoms with Crippen molar-refractivity contribution in [2.45, 2.75) is 13.0 Å². The number of ketones is 1. The molecule has 2 heteroatoms. The second-order valence-corrected chi connectivity index (χ2v) is 3.99. The second-order valence-electron chi connectivity index (χ2n) is 3.99. The quantitative estimate of drug-likeness (QED) is 0.813. The fourth-order valence-electron chi connectivity index (χ4n) is 1.78. The molecule has 17 heavy (non-hydrogen) atoms. The summed E-state index contributed by atoms with van der Waals surface area (Å²) in [7, 11) is 0. The SMILES string of the molecule is NCc1cccc(CC(=O)c2ccccc2)c1. The normalized spacial score (nSPS) is 10.2. The molecular formula is C15H15NO. The van der Waals surface area contributed by atoms with Crippen molar-refractivity contribution in [1.82, 2.24) is 0 Å². The van der Waals surface area contributed by atoms with Gasteiger partial charge in [-0.05, 0) is 11.1 Å². The number of carbonyl (C=O) groups excluding carboxylic acids is 1. The van der Waals surface area contributed by atoms with E-state index >= 15 is 0 Å². The highest BCUT2D eigenvalue weighted by Crippen LogP contribution is 2.09. The van der Waals surface area contributed by atoms with E-state index in [1.54, 1.807) is 0 Å². The molecule has 0 bridgehead atoms. The van der Waals surface area contributed by atoms with Gasteiger partial charge in [0.05, 0.1) is 0 Å². The van der Waals surface area contributed by atoms with E-state index in [4.69, 9.17) is 5.73 Å². The molecule has 0 heterocycles. The van der Waals surface area contributed by atoms with Crippen molar-refractivity contribution in [1.29, 1.82) is 0 Å². The molecule has 0 saturated carbocycles. The van der Waals surface area contributed by atoms with E-state index < -0.39 is 0 Å². The Kier molecular flexibility index (Phi) is 3.68. The molecule has 0 amide bonds. The molecule has 0 spiro atoms. The van der Waals surface area contributed by atoms with Crippen LogP contribution in [0.1, 0.15) is 21.5 Å². The Balaban J connectivity index is 2.13. The fraction of sp³-hybridized carbons (Fsp3) is 0.133. The van der Waals surface area contributed by atoms with Gasteiger partial charge in [0, 0.05) is 18.5 Å². The Morgan fingerprint density at radius 2 is 1.65 bits per heavy atom. The number of Topliss-reactive ketones (excluding diaryl/α,β-unsaturated/α-hetero) is 1. The first-order valence-electron chi connectivity index (χ1n) is 5.66. The lowest BCUT2D eigenvalue weighted by atomic mass is 10.0. The first-order chi connectivity index (χ1) is 8.29. The lowest BCUT2D eigenvalue weighted by Crippen LogP contribution is -2.04. The van der Waals surface area contributed by atoms with E-state index in [9.17, 15) is 4.79 Å². The average molecular weight is 225 g/mol. The zero-order chi connectivity index (χ0) is 12.1. The molecule has 0 aliphatic heterocycles. The summed E-state index contributed by atoms with van der Waals surface area (Å²) in [4.78, 5) is 12.0. The van der Waals surface area contributed by atoms with Crippen LogP contribution in [0.4, 0.5) is 0 Å². The minimum absolute atomic E-state index is 0.139. The van der Waals surface area contributed by atoms with Crippen molar-refractivity contribution in [3.05, 3.63) is 71.3 Å². The minimum Gasteiger partial charge on any atom is -0.326 e. The van der Waals surface area contributed by atoms with Gasteiger partial charge in [0.25, 0.3) is 0 Å². The Morgan fingerprint density at radius 1 is 0.941 bits per heavy atom. The van der Waals surface area contributed by atoms with Gasteiger partial charge in [0.2, 0.25) is 0 Å². The summed E-state index contributed by atoms with van der Waals surface area (Å²) in [6, 6.07) is 17.2. The molecule has 0 radical (unpaired) electrons. The summed E-state index contributed by atoms with van der Waals surface area (Å²) in [5, 5.41) is 0. The first-order valence-corrected chi connectivity index (χ1v) is 5.66. The summed E-state index contributed by atoms with van der Waals surface area (Å²) in [6.45, 7) is 0.507. The highest BCUT2D eigenvalue weighted by atomic mass is 16.1. The molecule has 2 aromatic carbocycles. The van der Waals surface area contributed by atoms with Crippen molar-refractivity contribution >= 4 is 5.78 Å². The lowest BCUT2D eigenvalue weighted by Gasteiger charge is -2.03. The number of carbonyl (C=O) groups is 1. The van der Waals surface area contributed by atoms with Crippen molar-refractivity contribution in [3.63, 3.8) is 0 Å². The summed E-state index contributed by atoms with van der Waals surface area (Å²) >= 11 is 0. The smallest absolute Gasteiger partial charge is 0.167 e. The summed E-state index contributed by atoms with van der Waals surface area (Å²) < 4.78 is 0. The second kappa shape index (κ2) is 5.41. The Morgan fingerprint density at radius 3 is 2.35 bits per heavy atom. The standard InChI is InChI=1S/C15H15NO/c16-11-13-6-4-5-12(9-13)10-15(17)14-7-2-1-3-8-14/h1-9H,10-11,16H2. The van der Waals surface area contributed by atoms with Crippen LogP contribution >= 0.6 is 0 Å². The predicted octanol–water partition coefficient (Wildman–Crippen LogP) is 2.57. The van der Waals surface area contributed by atoms with Gasteiger partial charge < -0.3 is 5.73 Å². The average Bonchev–Trinajstić information content (AvgIpc) is 2.40. The number of hydrogen-bond donors (Lipinski definition) is 1. The maximum atomic E-state index is 12.0. The molecule has 0 aromatic heterocycles. The molecule has 2 N–H and O–H groups in total. The van der Waals surface area contributed by atoms with E-state index in [1.165, 1.54) is 0 Å². The number of hydrogen-bond acceptors (Lipinski definition) is 2. The van der Waals surface area contributed by atoms with E-state index in [0.29, 0.717) is 13.0 Å². The fourth-order valence-corrected chi connectivity index (χ4v) is 1.78. The van der Waals surface area contributed by atoms with Crippen LogP contribution in [0.2, 0.25) is 0 Å². The highest BCUT2D eigenvalue weighted by molar-refractivity contribution is 5.97. The van der Waals surface area contributed by atoms with Crippen LogP contribution in [0.3, 0.4) is 0 Å². The van der Waals surface area contributed by atoms with Crippen LogP contribution in [-0.4, -0.2) is 5.78 Å². The molecule has 0 aliphatic carbocycles. The summed E-state index contributed by atoms with van der Waals surface area (Å²) in [5.41, 5.74) is 8.41. The predicted molar refractivity (Wildman–Crippen MR) is 68.8 cm³/mol. The van der Waals surface area contributed by atoms with Gasteiger partial charge in [-0.25, -0.2) is 0 Å². The molecule has 0 saturated heterocycles. The Labute approximate surface area is 101 Å². The zero-order valence-corrected chi connectivity index (χ0v) is 9.60. The van der Waals surface area contributed by atoms with Crippen LogP contribution < -0.4 is 5.73 Å². The van der Waals surface area contributed by atoms with E-state index in [0.717, 1.165) is 16.7 Å². The van der Waals surface area contributed by atoms with Gasteiger partial charge in [-0.1, -0.05) is 54.6 Å². The number of benzene rings is 2. The van der Waals surface area contributed by atoms with Crippen LogP contribution in [0.25, 0.3) is 0 Å². The van der Waals surface area contributed by atoms with Crippen molar-refractivity contribution in [2.24, 2.45) is 5.73 Å². The van der Waals surface area contributed by atoms with Crippen LogP contribution in [0.5, 0.6) is 0 Å². The van der Waals surface area contributed by atoms with E-state index in [1.807, 2.05) is 54.6 Å². The molecule has 2 aromatic rings. The van der Waals surface area contributed by atoms with Gasteiger partial charge >= 0.3 is 0 Å². The largest absolute Gasteiger partial charge is 0.326 e. The molecule has 0 aliphatic rings. The van der Waals surface area contributed by atoms with Gasteiger partial charge in [0.1, 0.15) is 0 Å². The maximum absolute atomic E-state index is 12.0. The van der Waals surface area contributed by atoms with Gasteiger partial charge in [0.15, 0.2) is 5.78 Å². The topological polar surface area (TPSA) is 43.1 Å². The van der Waals surface area contributed by atoms with Crippen molar-refractivity contribution in [3.8, 4) is 0 Å². The van der Waals surface area contributed by atoms with Crippen LogP contribution in [0, 0.1) is 0 Å². The third-order valence-electron chi connectivity index (χ3n) is 2.69.